The van der Waals surface area contributed by atoms with Gasteiger partial charge in [0.25, 0.3) is 5.91 Å². The number of aromatic nitrogens is 1. The van der Waals surface area contributed by atoms with E-state index in [0.717, 1.165) is 31.7 Å². The van der Waals surface area contributed by atoms with E-state index in [9.17, 15) is 4.79 Å². The quantitative estimate of drug-likeness (QED) is 0.822. The van der Waals surface area contributed by atoms with Gasteiger partial charge in [0.1, 0.15) is 0 Å². The van der Waals surface area contributed by atoms with Crippen LogP contribution in [-0.4, -0.2) is 35.4 Å². The lowest BCUT2D eigenvalue weighted by molar-refractivity contribution is 0.0741. The van der Waals surface area contributed by atoms with Gasteiger partial charge in [-0.1, -0.05) is 20.3 Å². The molecule has 1 atom stereocenters. The van der Waals surface area contributed by atoms with Crippen LogP contribution >= 0.6 is 0 Å². The van der Waals surface area contributed by atoms with Crippen molar-refractivity contribution in [3.05, 3.63) is 24.0 Å². The number of hydrogen-bond acceptors (Lipinski definition) is 3. The first-order chi connectivity index (χ1) is 9.13. The minimum absolute atomic E-state index is 0.0844. The molecule has 19 heavy (non-hydrogen) atoms. The molecule has 0 spiro atoms. The predicted octanol–water partition coefficient (Wildman–Crippen LogP) is 3.02. The molecular weight excluding hydrogens is 238 g/mol. The van der Waals surface area contributed by atoms with Crippen LogP contribution in [-0.2, 0) is 0 Å². The zero-order valence-corrected chi connectivity index (χ0v) is 12.4. The number of carbonyl (C=O) groups is 1. The predicted molar refractivity (Wildman–Crippen MR) is 79.4 cm³/mol. The van der Waals surface area contributed by atoms with Crippen LogP contribution in [0.25, 0.3) is 0 Å². The average molecular weight is 263 g/mol. The molecule has 1 aromatic heterocycles. The highest BCUT2D eigenvalue weighted by atomic mass is 16.2. The number of carbonyl (C=O) groups excluding carboxylic acids is 1. The van der Waals surface area contributed by atoms with Crippen molar-refractivity contribution in [3.63, 3.8) is 0 Å². The van der Waals surface area contributed by atoms with Gasteiger partial charge in [0.2, 0.25) is 0 Å². The van der Waals surface area contributed by atoms with E-state index in [1.165, 1.54) is 0 Å². The van der Waals surface area contributed by atoms with E-state index in [1.54, 1.807) is 18.5 Å². The molecule has 1 rings (SSSR count). The van der Waals surface area contributed by atoms with Crippen molar-refractivity contribution in [2.75, 3.05) is 25.0 Å². The third-order valence-electron chi connectivity index (χ3n) is 3.32. The van der Waals surface area contributed by atoms with Crippen LogP contribution in [0.2, 0.25) is 0 Å². The lowest BCUT2D eigenvalue weighted by Crippen LogP contribution is -2.35. The van der Waals surface area contributed by atoms with E-state index >= 15 is 0 Å². The Kier molecular flexibility index (Phi) is 6.33. The fourth-order valence-corrected chi connectivity index (χ4v) is 1.94. The lowest BCUT2D eigenvalue weighted by atomic mass is 10.1. The summed E-state index contributed by atoms with van der Waals surface area (Å²) >= 11 is 0. The molecule has 0 aliphatic rings. The Hall–Kier alpha value is -1.58. The fraction of sp³-hybridized carbons (Fsp3) is 0.600. The van der Waals surface area contributed by atoms with Gasteiger partial charge in [-0.15, -0.1) is 0 Å². The summed E-state index contributed by atoms with van der Waals surface area (Å²) in [6, 6.07) is 1.79. The monoisotopic (exact) mass is 263 g/mol. The van der Waals surface area contributed by atoms with Crippen molar-refractivity contribution in [1.82, 2.24) is 9.88 Å². The van der Waals surface area contributed by atoms with Crippen molar-refractivity contribution in [2.45, 2.75) is 34.1 Å². The van der Waals surface area contributed by atoms with E-state index in [1.807, 2.05) is 18.7 Å². The van der Waals surface area contributed by atoms with Gasteiger partial charge in [-0.25, -0.2) is 0 Å². The van der Waals surface area contributed by atoms with Gasteiger partial charge < -0.3 is 10.2 Å². The molecule has 0 aliphatic heterocycles. The highest BCUT2D eigenvalue weighted by molar-refractivity contribution is 5.99. The number of anilines is 1. The summed E-state index contributed by atoms with van der Waals surface area (Å²) in [4.78, 5) is 18.6. The summed E-state index contributed by atoms with van der Waals surface area (Å²) in [6.45, 7) is 10.7. The van der Waals surface area contributed by atoms with E-state index < -0.39 is 0 Å². The Bertz CT molecular complexity index is 406. The van der Waals surface area contributed by atoms with Gasteiger partial charge in [0.05, 0.1) is 17.4 Å². The Morgan fingerprint density at radius 2 is 2.16 bits per heavy atom. The van der Waals surface area contributed by atoms with Crippen LogP contribution in [0, 0.1) is 5.92 Å². The van der Waals surface area contributed by atoms with Gasteiger partial charge in [0, 0.05) is 25.8 Å². The minimum Gasteiger partial charge on any atom is -0.383 e. The SMILES string of the molecule is CCNc1cnccc1C(=O)N(CC)CC(C)CC. The van der Waals surface area contributed by atoms with Crippen LogP contribution in [0.4, 0.5) is 5.69 Å². The molecule has 1 unspecified atom stereocenters. The first-order valence-corrected chi connectivity index (χ1v) is 7.11. The van der Waals surface area contributed by atoms with Gasteiger partial charge in [-0.05, 0) is 25.8 Å². The van der Waals surface area contributed by atoms with Crippen molar-refractivity contribution >= 4 is 11.6 Å². The molecule has 0 aromatic carbocycles. The summed E-state index contributed by atoms with van der Waals surface area (Å²) in [5.74, 6) is 0.606. The molecule has 0 aliphatic carbocycles. The maximum atomic E-state index is 12.6. The fourth-order valence-electron chi connectivity index (χ4n) is 1.94. The molecule has 1 amide bonds. The Labute approximate surface area is 116 Å². The Morgan fingerprint density at radius 3 is 2.74 bits per heavy atom. The molecule has 0 saturated carbocycles. The van der Waals surface area contributed by atoms with E-state index in [4.69, 9.17) is 0 Å². The molecule has 4 heteroatoms. The highest BCUT2D eigenvalue weighted by Crippen LogP contribution is 2.17. The Morgan fingerprint density at radius 1 is 1.42 bits per heavy atom. The van der Waals surface area contributed by atoms with Gasteiger partial charge in [0.15, 0.2) is 0 Å². The van der Waals surface area contributed by atoms with Gasteiger partial charge in [-0.2, -0.15) is 0 Å². The van der Waals surface area contributed by atoms with Crippen LogP contribution < -0.4 is 5.32 Å². The van der Waals surface area contributed by atoms with Crippen molar-refractivity contribution < 1.29 is 4.79 Å². The Balaban J connectivity index is 2.90. The molecule has 0 fully saturated rings. The number of nitrogens with one attached hydrogen (secondary N) is 1. The lowest BCUT2D eigenvalue weighted by Gasteiger charge is -2.25. The zero-order chi connectivity index (χ0) is 14.3. The average Bonchev–Trinajstić information content (AvgIpc) is 2.44. The number of nitrogens with zero attached hydrogens (tertiary/aromatic N) is 2. The molecule has 106 valence electrons. The molecule has 1 heterocycles. The summed E-state index contributed by atoms with van der Waals surface area (Å²) in [7, 11) is 0. The number of amides is 1. The summed E-state index contributed by atoms with van der Waals surface area (Å²) in [6.07, 6.45) is 4.47. The summed E-state index contributed by atoms with van der Waals surface area (Å²) in [5.41, 5.74) is 1.53. The van der Waals surface area contributed by atoms with Gasteiger partial charge in [-0.3, -0.25) is 9.78 Å². The summed E-state index contributed by atoms with van der Waals surface area (Å²) < 4.78 is 0. The van der Waals surface area contributed by atoms with Crippen molar-refractivity contribution in [1.29, 1.82) is 0 Å². The van der Waals surface area contributed by atoms with E-state index in [2.05, 4.69) is 24.1 Å². The molecular formula is C15H25N3O. The molecule has 4 nitrogen and oxygen atoms in total. The van der Waals surface area contributed by atoms with Crippen LogP contribution in [0.5, 0.6) is 0 Å². The van der Waals surface area contributed by atoms with Gasteiger partial charge >= 0.3 is 0 Å². The molecule has 0 saturated heterocycles. The second-order valence-electron chi connectivity index (χ2n) is 4.81. The highest BCUT2D eigenvalue weighted by Gasteiger charge is 2.18. The molecule has 1 aromatic rings. The van der Waals surface area contributed by atoms with Crippen LogP contribution in [0.3, 0.4) is 0 Å². The third-order valence-corrected chi connectivity index (χ3v) is 3.32. The standard InChI is InChI=1S/C15H25N3O/c1-5-12(4)11-18(7-3)15(19)13-8-9-16-10-14(13)17-6-2/h8-10,12,17H,5-7,11H2,1-4H3. The number of hydrogen-bond donors (Lipinski definition) is 1. The number of pyridine rings is 1. The third kappa shape index (κ3) is 4.23. The smallest absolute Gasteiger partial charge is 0.256 e. The summed E-state index contributed by atoms with van der Waals surface area (Å²) in [5, 5.41) is 3.19. The van der Waals surface area contributed by atoms with Crippen molar-refractivity contribution in [3.8, 4) is 0 Å². The van der Waals surface area contributed by atoms with Crippen LogP contribution in [0.1, 0.15) is 44.5 Å². The zero-order valence-electron chi connectivity index (χ0n) is 12.4. The number of rotatable bonds is 7. The van der Waals surface area contributed by atoms with E-state index in [0.29, 0.717) is 11.5 Å². The molecule has 0 bridgehead atoms. The maximum Gasteiger partial charge on any atom is 0.256 e. The molecule has 0 radical (unpaired) electrons. The maximum absolute atomic E-state index is 12.6. The minimum atomic E-state index is 0.0844. The largest absolute Gasteiger partial charge is 0.383 e. The van der Waals surface area contributed by atoms with Crippen LogP contribution in [0.15, 0.2) is 18.5 Å². The van der Waals surface area contributed by atoms with Crippen molar-refractivity contribution in [2.24, 2.45) is 5.92 Å². The first kappa shape index (κ1) is 15.5. The second kappa shape index (κ2) is 7.77. The van der Waals surface area contributed by atoms with E-state index in [-0.39, 0.29) is 5.91 Å². The topological polar surface area (TPSA) is 45.2 Å². The molecule has 1 N–H and O–H groups in total. The first-order valence-electron chi connectivity index (χ1n) is 7.11. The normalized spacial score (nSPS) is 12.0. The second-order valence-corrected chi connectivity index (χ2v) is 4.81.